The zero-order valence-corrected chi connectivity index (χ0v) is 8.06. The zero-order valence-electron chi connectivity index (χ0n) is 8.06. The second-order valence-electron chi connectivity index (χ2n) is 2.69. The number of ether oxygens (including phenoxy) is 2. The molecule has 0 heterocycles. The summed E-state index contributed by atoms with van der Waals surface area (Å²) in [6, 6.07) is 4.86. The van der Waals surface area contributed by atoms with Gasteiger partial charge in [0.1, 0.15) is 17.6 Å². The smallest absolute Gasteiger partial charge is 0.153 e. The Hall–Kier alpha value is -1.55. The molecule has 76 valence electrons. The number of aliphatic hydroxyl groups excluding tert-OH is 1. The Balaban J connectivity index is 3.10. The minimum absolute atomic E-state index is 0.434. The summed E-state index contributed by atoms with van der Waals surface area (Å²) in [5.74, 6) is 1.05. The highest BCUT2D eigenvalue weighted by atomic mass is 16.5. The largest absolute Gasteiger partial charge is 0.497 e. The fourth-order valence-electron chi connectivity index (χ4n) is 1.14. The van der Waals surface area contributed by atoms with Crippen molar-refractivity contribution in [1.29, 1.82) is 0 Å². The van der Waals surface area contributed by atoms with E-state index in [1.165, 1.54) is 14.2 Å². The quantitative estimate of drug-likeness (QED) is 0.728. The summed E-state index contributed by atoms with van der Waals surface area (Å²) in [5.41, 5.74) is 0.434. The van der Waals surface area contributed by atoms with Crippen molar-refractivity contribution in [2.45, 2.75) is 6.10 Å². The number of benzene rings is 1. The maximum Gasteiger partial charge on any atom is 0.153 e. The molecule has 1 rings (SSSR count). The van der Waals surface area contributed by atoms with Crippen LogP contribution in [0.3, 0.4) is 0 Å². The summed E-state index contributed by atoms with van der Waals surface area (Å²) >= 11 is 0. The Labute approximate surface area is 82.1 Å². The maximum absolute atomic E-state index is 10.4. The molecule has 0 aliphatic carbocycles. The summed E-state index contributed by atoms with van der Waals surface area (Å²) in [5, 5.41) is 9.32. The van der Waals surface area contributed by atoms with Gasteiger partial charge in [-0.15, -0.1) is 0 Å². The fourth-order valence-corrected chi connectivity index (χ4v) is 1.14. The van der Waals surface area contributed by atoms with Crippen LogP contribution in [-0.2, 0) is 4.79 Å². The van der Waals surface area contributed by atoms with Gasteiger partial charge in [0.05, 0.1) is 14.2 Å². The third kappa shape index (κ3) is 2.03. The predicted octanol–water partition coefficient (Wildman–Crippen LogP) is 0.936. The fraction of sp³-hybridized carbons (Fsp3) is 0.300. The van der Waals surface area contributed by atoms with Crippen LogP contribution in [0.1, 0.15) is 11.7 Å². The number of hydrogen-bond acceptors (Lipinski definition) is 4. The first-order valence-electron chi connectivity index (χ1n) is 4.08. The highest BCUT2D eigenvalue weighted by Crippen LogP contribution is 2.28. The van der Waals surface area contributed by atoms with E-state index in [2.05, 4.69) is 0 Å². The first kappa shape index (κ1) is 10.5. The third-order valence-corrected chi connectivity index (χ3v) is 1.89. The van der Waals surface area contributed by atoms with Crippen molar-refractivity contribution in [1.82, 2.24) is 0 Å². The monoisotopic (exact) mass is 196 g/mol. The zero-order chi connectivity index (χ0) is 10.6. The van der Waals surface area contributed by atoms with Crippen LogP contribution >= 0.6 is 0 Å². The molecule has 4 heteroatoms. The molecule has 1 aromatic carbocycles. The van der Waals surface area contributed by atoms with Crippen LogP contribution in [0.25, 0.3) is 0 Å². The first-order chi connectivity index (χ1) is 6.72. The summed E-state index contributed by atoms with van der Waals surface area (Å²) < 4.78 is 9.99. The van der Waals surface area contributed by atoms with Crippen molar-refractivity contribution < 1.29 is 19.4 Å². The molecule has 4 nitrogen and oxygen atoms in total. The van der Waals surface area contributed by atoms with Gasteiger partial charge < -0.3 is 19.4 Å². The Morgan fingerprint density at radius 3 is 2.57 bits per heavy atom. The molecule has 0 aliphatic rings. The van der Waals surface area contributed by atoms with Gasteiger partial charge in [-0.2, -0.15) is 0 Å². The summed E-state index contributed by atoms with van der Waals surface area (Å²) in [6.07, 6.45) is -0.708. The lowest BCUT2D eigenvalue weighted by Gasteiger charge is -2.11. The Morgan fingerprint density at radius 1 is 1.36 bits per heavy atom. The topological polar surface area (TPSA) is 55.8 Å². The van der Waals surface area contributed by atoms with E-state index in [1.54, 1.807) is 18.2 Å². The number of hydrogen-bond donors (Lipinski definition) is 1. The van der Waals surface area contributed by atoms with Crippen molar-refractivity contribution in [3.05, 3.63) is 23.8 Å². The molecule has 0 radical (unpaired) electrons. The van der Waals surface area contributed by atoms with E-state index in [-0.39, 0.29) is 0 Å². The molecule has 0 saturated carbocycles. The molecule has 0 fully saturated rings. The molecule has 0 aliphatic heterocycles. The van der Waals surface area contributed by atoms with Gasteiger partial charge >= 0.3 is 0 Å². The number of methoxy groups -OCH3 is 2. The van der Waals surface area contributed by atoms with Crippen molar-refractivity contribution in [2.75, 3.05) is 14.2 Å². The van der Waals surface area contributed by atoms with Crippen molar-refractivity contribution in [2.24, 2.45) is 0 Å². The lowest BCUT2D eigenvalue weighted by atomic mass is 10.1. The van der Waals surface area contributed by atoms with E-state index >= 15 is 0 Å². The number of carbonyl (C=O) groups excluding carboxylic acids is 1. The second kappa shape index (κ2) is 4.62. The van der Waals surface area contributed by atoms with Gasteiger partial charge in [0.15, 0.2) is 6.29 Å². The lowest BCUT2D eigenvalue weighted by Crippen LogP contribution is -2.01. The Kier molecular flexibility index (Phi) is 3.48. The van der Waals surface area contributed by atoms with E-state index in [9.17, 15) is 9.90 Å². The van der Waals surface area contributed by atoms with Gasteiger partial charge in [-0.05, 0) is 12.1 Å². The molecule has 1 unspecified atom stereocenters. The average Bonchev–Trinajstić information content (AvgIpc) is 2.27. The molecule has 14 heavy (non-hydrogen) atoms. The summed E-state index contributed by atoms with van der Waals surface area (Å²) in [7, 11) is 3.00. The van der Waals surface area contributed by atoms with Crippen LogP contribution in [0, 0.1) is 0 Å². The average molecular weight is 196 g/mol. The summed E-state index contributed by atoms with van der Waals surface area (Å²) in [4.78, 5) is 10.4. The number of aldehydes is 1. The highest BCUT2D eigenvalue weighted by Gasteiger charge is 2.12. The number of rotatable bonds is 4. The van der Waals surface area contributed by atoms with Crippen LogP contribution in [-0.4, -0.2) is 25.6 Å². The molecule has 1 N–H and O–H groups in total. The number of carbonyl (C=O) groups is 1. The Bertz CT molecular complexity index is 322. The first-order valence-corrected chi connectivity index (χ1v) is 4.08. The van der Waals surface area contributed by atoms with E-state index in [0.717, 1.165) is 0 Å². The van der Waals surface area contributed by atoms with Gasteiger partial charge in [0.25, 0.3) is 0 Å². The predicted molar refractivity (Wildman–Crippen MR) is 50.6 cm³/mol. The third-order valence-electron chi connectivity index (χ3n) is 1.89. The molecule has 1 aromatic rings. The number of aliphatic hydroxyl groups is 1. The molecule has 0 saturated heterocycles. The lowest BCUT2D eigenvalue weighted by molar-refractivity contribution is -0.115. The highest BCUT2D eigenvalue weighted by molar-refractivity contribution is 5.62. The van der Waals surface area contributed by atoms with Gasteiger partial charge in [-0.25, -0.2) is 0 Å². The van der Waals surface area contributed by atoms with Crippen molar-refractivity contribution in [3.8, 4) is 11.5 Å². The van der Waals surface area contributed by atoms with Gasteiger partial charge in [0.2, 0.25) is 0 Å². The van der Waals surface area contributed by atoms with Crippen molar-refractivity contribution >= 4 is 6.29 Å². The van der Waals surface area contributed by atoms with E-state index in [4.69, 9.17) is 9.47 Å². The van der Waals surface area contributed by atoms with Crippen LogP contribution < -0.4 is 9.47 Å². The molecule has 1 atom stereocenters. The summed E-state index contributed by atoms with van der Waals surface area (Å²) in [6.45, 7) is 0. The Morgan fingerprint density at radius 2 is 2.07 bits per heavy atom. The minimum Gasteiger partial charge on any atom is -0.497 e. The van der Waals surface area contributed by atoms with E-state index in [1.807, 2.05) is 0 Å². The SMILES string of the molecule is COc1ccc(C(O)C=O)c(OC)c1. The minimum atomic E-state index is -1.16. The molecular formula is C10H12O4. The molecule has 0 aromatic heterocycles. The normalized spacial score (nSPS) is 11.9. The van der Waals surface area contributed by atoms with Gasteiger partial charge in [-0.3, -0.25) is 0 Å². The van der Waals surface area contributed by atoms with E-state index < -0.39 is 6.10 Å². The van der Waals surface area contributed by atoms with Gasteiger partial charge in [0, 0.05) is 11.6 Å². The van der Waals surface area contributed by atoms with Crippen LogP contribution in [0.5, 0.6) is 11.5 Å². The van der Waals surface area contributed by atoms with Crippen LogP contribution in [0.15, 0.2) is 18.2 Å². The maximum atomic E-state index is 10.4. The van der Waals surface area contributed by atoms with Crippen LogP contribution in [0.4, 0.5) is 0 Å². The molecule has 0 bridgehead atoms. The second-order valence-corrected chi connectivity index (χ2v) is 2.69. The molecule has 0 amide bonds. The van der Waals surface area contributed by atoms with Crippen molar-refractivity contribution in [3.63, 3.8) is 0 Å². The van der Waals surface area contributed by atoms with Gasteiger partial charge in [-0.1, -0.05) is 0 Å². The standard InChI is InChI=1S/C10H12O4/c1-13-7-3-4-8(9(12)6-11)10(5-7)14-2/h3-6,9,12H,1-2H3. The molecule has 0 spiro atoms. The van der Waals surface area contributed by atoms with E-state index in [0.29, 0.717) is 23.3 Å². The van der Waals surface area contributed by atoms with Crippen LogP contribution in [0.2, 0.25) is 0 Å². The molecular weight excluding hydrogens is 184 g/mol.